The van der Waals surface area contributed by atoms with E-state index in [1.807, 2.05) is 0 Å². The Morgan fingerprint density at radius 2 is 1.89 bits per heavy atom. The molecule has 3 fully saturated rings. The fourth-order valence-corrected chi connectivity index (χ4v) is 5.01. The van der Waals surface area contributed by atoms with Crippen LogP contribution in [0.5, 0.6) is 0 Å². The Bertz CT molecular complexity index is 641. The van der Waals surface area contributed by atoms with Crippen molar-refractivity contribution in [2.24, 2.45) is 5.92 Å². The third-order valence-electron chi connectivity index (χ3n) is 6.88. The normalized spacial score (nSPS) is 24.1. The minimum absolute atomic E-state index is 0.00479. The van der Waals surface area contributed by atoms with Gasteiger partial charge in [0.05, 0.1) is 0 Å². The lowest BCUT2D eigenvalue weighted by Crippen LogP contribution is -2.55. The maximum Gasteiger partial charge on any atom is 0.226 e. The number of amides is 1. The van der Waals surface area contributed by atoms with Gasteiger partial charge in [-0.25, -0.2) is 0 Å². The number of carbonyl (C=O) groups is 1. The Morgan fingerprint density at radius 3 is 2.57 bits per heavy atom. The molecule has 1 aliphatic carbocycles. The van der Waals surface area contributed by atoms with Crippen LogP contribution in [-0.4, -0.2) is 67.8 Å². The van der Waals surface area contributed by atoms with E-state index in [9.17, 15) is 4.79 Å². The first-order valence-corrected chi connectivity index (χ1v) is 10.9. The second-order valence-corrected chi connectivity index (χ2v) is 8.59. The molecule has 1 aromatic rings. The predicted octanol–water partition coefficient (Wildman–Crippen LogP) is 3.26. The highest BCUT2D eigenvalue weighted by molar-refractivity contribution is 5.82. The molecule has 1 spiro atoms. The monoisotopic (exact) mass is 386 g/mol. The van der Waals surface area contributed by atoms with Crippen LogP contribution in [0.3, 0.4) is 0 Å². The molecule has 3 aliphatic rings. The molecule has 1 atom stereocenters. The maximum atomic E-state index is 13.2. The van der Waals surface area contributed by atoms with Crippen molar-refractivity contribution in [3.8, 4) is 0 Å². The Kier molecular flexibility index (Phi) is 6.34. The molecule has 0 bridgehead atoms. The van der Waals surface area contributed by atoms with Crippen molar-refractivity contribution in [2.75, 3.05) is 46.6 Å². The summed E-state index contributed by atoms with van der Waals surface area (Å²) in [5, 5.41) is 0. The van der Waals surface area contributed by atoms with Gasteiger partial charge < -0.3 is 14.4 Å². The average molecular weight is 387 g/mol. The summed E-state index contributed by atoms with van der Waals surface area (Å²) in [6.07, 6.45) is 6.14. The summed E-state index contributed by atoms with van der Waals surface area (Å²) in [4.78, 5) is 18.0. The van der Waals surface area contributed by atoms with E-state index in [0.29, 0.717) is 11.9 Å². The van der Waals surface area contributed by atoms with Gasteiger partial charge in [-0.2, -0.15) is 0 Å². The lowest BCUT2D eigenvalue weighted by atomic mass is 9.84. The first kappa shape index (κ1) is 19.9. The third-order valence-corrected chi connectivity index (χ3v) is 6.88. The van der Waals surface area contributed by atoms with Crippen LogP contribution < -0.4 is 0 Å². The summed E-state index contributed by atoms with van der Waals surface area (Å²) in [6, 6.07) is 11.1. The summed E-state index contributed by atoms with van der Waals surface area (Å²) >= 11 is 0. The molecule has 0 aromatic heterocycles. The lowest BCUT2D eigenvalue weighted by molar-refractivity contribution is -0.143. The maximum absolute atomic E-state index is 13.2. The molecule has 28 heavy (non-hydrogen) atoms. The largest absolute Gasteiger partial charge is 0.385 e. The summed E-state index contributed by atoms with van der Waals surface area (Å²) < 4.78 is 11.1. The molecule has 1 amide bonds. The average Bonchev–Trinajstić information content (AvgIpc) is 3.59. The van der Waals surface area contributed by atoms with Crippen molar-refractivity contribution in [1.82, 2.24) is 9.80 Å². The molecule has 5 nitrogen and oxygen atoms in total. The number of hydrogen-bond acceptors (Lipinski definition) is 4. The number of rotatable bonds is 6. The summed E-state index contributed by atoms with van der Waals surface area (Å²) in [5.74, 6) is 0.682. The van der Waals surface area contributed by atoms with Gasteiger partial charge in [-0.05, 0) is 44.1 Å². The molecule has 0 N–H and O–H groups in total. The summed E-state index contributed by atoms with van der Waals surface area (Å²) in [6.45, 7) is 5.11. The number of hydrogen-bond donors (Lipinski definition) is 0. The highest BCUT2D eigenvalue weighted by Gasteiger charge is 2.46. The van der Waals surface area contributed by atoms with Gasteiger partial charge in [-0.3, -0.25) is 9.69 Å². The Balaban J connectivity index is 1.55. The van der Waals surface area contributed by atoms with Gasteiger partial charge in [-0.1, -0.05) is 30.3 Å². The first-order valence-electron chi connectivity index (χ1n) is 10.9. The molecule has 0 radical (unpaired) electrons. The van der Waals surface area contributed by atoms with E-state index in [0.717, 1.165) is 78.0 Å². The molecule has 154 valence electrons. The minimum atomic E-state index is -0.00479. The van der Waals surface area contributed by atoms with E-state index in [-0.39, 0.29) is 11.5 Å². The molecule has 2 heterocycles. The standard InChI is InChI=1S/C23H34N2O3/c1-27-16-9-21(19-5-3-2-4-6-19)24-13-10-23(11-17-28-18-12-23)25(15-14-24)22(26)20-7-8-20/h2-6,20-21H,7-18H2,1H3. The van der Waals surface area contributed by atoms with Crippen molar-refractivity contribution in [2.45, 2.75) is 50.1 Å². The van der Waals surface area contributed by atoms with Gasteiger partial charge in [-0.15, -0.1) is 0 Å². The smallest absolute Gasteiger partial charge is 0.226 e. The van der Waals surface area contributed by atoms with Gasteiger partial charge >= 0.3 is 0 Å². The van der Waals surface area contributed by atoms with E-state index in [2.05, 4.69) is 40.1 Å². The fraction of sp³-hybridized carbons (Fsp3) is 0.696. The molecule has 2 aliphatic heterocycles. The van der Waals surface area contributed by atoms with Crippen molar-refractivity contribution >= 4 is 5.91 Å². The predicted molar refractivity (Wildman–Crippen MR) is 109 cm³/mol. The highest BCUT2D eigenvalue weighted by atomic mass is 16.5. The van der Waals surface area contributed by atoms with Crippen LogP contribution >= 0.6 is 0 Å². The van der Waals surface area contributed by atoms with Crippen molar-refractivity contribution in [3.63, 3.8) is 0 Å². The quantitative estimate of drug-likeness (QED) is 0.753. The van der Waals surface area contributed by atoms with Crippen LogP contribution in [0, 0.1) is 5.92 Å². The van der Waals surface area contributed by atoms with Gasteiger partial charge in [0, 0.05) is 64.1 Å². The molecular formula is C23H34N2O3. The van der Waals surface area contributed by atoms with E-state index in [1.165, 1.54) is 5.56 Å². The van der Waals surface area contributed by atoms with Crippen molar-refractivity contribution in [1.29, 1.82) is 0 Å². The van der Waals surface area contributed by atoms with E-state index >= 15 is 0 Å². The second kappa shape index (κ2) is 8.93. The van der Waals surface area contributed by atoms with Gasteiger partial charge in [0.1, 0.15) is 0 Å². The van der Waals surface area contributed by atoms with Crippen LogP contribution in [0.1, 0.15) is 50.1 Å². The van der Waals surface area contributed by atoms with Crippen LogP contribution in [0.2, 0.25) is 0 Å². The van der Waals surface area contributed by atoms with Crippen LogP contribution in [0.4, 0.5) is 0 Å². The number of ether oxygens (including phenoxy) is 2. The summed E-state index contributed by atoms with van der Waals surface area (Å²) in [7, 11) is 1.78. The summed E-state index contributed by atoms with van der Waals surface area (Å²) in [5.41, 5.74) is 1.34. The number of carbonyl (C=O) groups excluding carboxylic acids is 1. The van der Waals surface area contributed by atoms with Crippen LogP contribution in [-0.2, 0) is 14.3 Å². The SMILES string of the molecule is COCCC(c1ccccc1)N1CCN(C(=O)C2CC2)C2(CCOCC2)CC1. The Hall–Kier alpha value is -1.43. The molecule has 1 unspecified atom stereocenters. The molecule has 4 rings (SSSR count). The van der Waals surface area contributed by atoms with Crippen molar-refractivity contribution < 1.29 is 14.3 Å². The topological polar surface area (TPSA) is 42.0 Å². The van der Waals surface area contributed by atoms with Gasteiger partial charge in [0.25, 0.3) is 0 Å². The Labute approximate surface area is 169 Å². The molecule has 1 aromatic carbocycles. The van der Waals surface area contributed by atoms with Crippen molar-refractivity contribution in [3.05, 3.63) is 35.9 Å². The minimum Gasteiger partial charge on any atom is -0.385 e. The van der Waals surface area contributed by atoms with Gasteiger partial charge in [0.2, 0.25) is 5.91 Å². The van der Waals surface area contributed by atoms with Crippen LogP contribution in [0.25, 0.3) is 0 Å². The zero-order valence-corrected chi connectivity index (χ0v) is 17.1. The number of nitrogens with zero attached hydrogens (tertiary/aromatic N) is 2. The number of methoxy groups -OCH3 is 1. The van der Waals surface area contributed by atoms with E-state index in [4.69, 9.17) is 9.47 Å². The fourth-order valence-electron chi connectivity index (χ4n) is 5.01. The first-order chi connectivity index (χ1) is 13.7. The molecule has 1 saturated carbocycles. The van der Waals surface area contributed by atoms with E-state index in [1.54, 1.807) is 7.11 Å². The van der Waals surface area contributed by atoms with E-state index < -0.39 is 0 Å². The number of benzene rings is 1. The zero-order chi connectivity index (χ0) is 19.4. The zero-order valence-electron chi connectivity index (χ0n) is 17.1. The third kappa shape index (κ3) is 4.27. The second-order valence-electron chi connectivity index (χ2n) is 8.59. The molecular weight excluding hydrogens is 352 g/mol. The molecule has 5 heteroatoms. The molecule has 2 saturated heterocycles. The van der Waals surface area contributed by atoms with Gasteiger partial charge in [0.15, 0.2) is 0 Å². The lowest BCUT2D eigenvalue weighted by Gasteiger charge is -2.45. The Morgan fingerprint density at radius 1 is 1.14 bits per heavy atom. The van der Waals surface area contributed by atoms with Crippen LogP contribution in [0.15, 0.2) is 30.3 Å². The highest BCUT2D eigenvalue weighted by Crippen LogP contribution is 2.40.